The summed E-state index contributed by atoms with van der Waals surface area (Å²) in [6, 6.07) is 24.1. The maximum Gasteiger partial charge on any atom is 0.151 e. The molecule has 0 amide bonds. The van der Waals surface area contributed by atoms with E-state index in [0.717, 1.165) is 18.0 Å². The lowest BCUT2D eigenvalue weighted by Crippen LogP contribution is -2.22. The lowest BCUT2D eigenvalue weighted by Gasteiger charge is -2.33. The zero-order valence-electron chi connectivity index (χ0n) is 17.2. The van der Waals surface area contributed by atoms with Gasteiger partial charge in [0.15, 0.2) is 11.5 Å². The standard InChI is InChI=1S/C27H27NO/c1-3-4-5-8-13-28-24-15-20-9-6-7-10-21(20)17-26(24)29-27-18-22-12-11-19(2)14-23(22)16-25(27)28/h6-7,9-12,14-18H,3-5,8,13H2,1-2H3. The Morgan fingerprint density at radius 2 is 1.34 bits per heavy atom. The van der Waals surface area contributed by atoms with Gasteiger partial charge in [0.05, 0.1) is 11.4 Å². The van der Waals surface area contributed by atoms with Crippen LogP contribution in [0.5, 0.6) is 11.5 Å². The summed E-state index contributed by atoms with van der Waals surface area (Å²) in [6.07, 6.45) is 4.99. The van der Waals surface area contributed by atoms with E-state index in [9.17, 15) is 0 Å². The number of benzene rings is 4. The topological polar surface area (TPSA) is 12.5 Å². The van der Waals surface area contributed by atoms with Crippen molar-refractivity contribution in [3.05, 3.63) is 72.3 Å². The summed E-state index contributed by atoms with van der Waals surface area (Å²) < 4.78 is 6.44. The van der Waals surface area contributed by atoms with E-state index >= 15 is 0 Å². The van der Waals surface area contributed by atoms with Crippen molar-refractivity contribution in [1.29, 1.82) is 0 Å². The van der Waals surface area contributed by atoms with Crippen LogP contribution in [0.2, 0.25) is 0 Å². The van der Waals surface area contributed by atoms with Gasteiger partial charge in [-0.2, -0.15) is 0 Å². The Hall–Kier alpha value is -3.00. The van der Waals surface area contributed by atoms with Crippen molar-refractivity contribution in [2.24, 2.45) is 0 Å². The molecule has 1 aliphatic heterocycles. The van der Waals surface area contributed by atoms with Gasteiger partial charge in [-0.3, -0.25) is 0 Å². The van der Waals surface area contributed by atoms with Crippen molar-refractivity contribution in [2.75, 3.05) is 11.4 Å². The SMILES string of the molecule is CCCCCCN1c2cc3ccccc3cc2Oc2cc3ccc(C)cc3cc21. The van der Waals surface area contributed by atoms with Gasteiger partial charge in [0, 0.05) is 6.54 Å². The molecule has 0 saturated heterocycles. The molecule has 5 rings (SSSR count). The third kappa shape index (κ3) is 3.33. The van der Waals surface area contributed by atoms with E-state index in [1.165, 1.54) is 64.2 Å². The average Bonchev–Trinajstić information content (AvgIpc) is 2.73. The smallest absolute Gasteiger partial charge is 0.151 e. The monoisotopic (exact) mass is 381 g/mol. The van der Waals surface area contributed by atoms with E-state index in [1.807, 2.05) is 0 Å². The number of unbranched alkanes of at least 4 members (excludes halogenated alkanes) is 3. The molecule has 0 spiro atoms. The van der Waals surface area contributed by atoms with Crippen LogP contribution in [-0.2, 0) is 0 Å². The van der Waals surface area contributed by atoms with Gasteiger partial charge in [0.2, 0.25) is 0 Å². The van der Waals surface area contributed by atoms with Gasteiger partial charge in [-0.15, -0.1) is 0 Å². The van der Waals surface area contributed by atoms with Crippen LogP contribution in [0.25, 0.3) is 21.5 Å². The molecular formula is C27H27NO. The maximum absolute atomic E-state index is 6.44. The minimum absolute atomic E-state index is 0.957. The predicted molar refractivity (Wildman–Crippen MR) is 124 cm³/mol. The van der Waals surface area contributed by atoms with Gasteiger partial charge >= 0.3 is 0 Å². The molecule has 0 bridgehead atoms. The Morgan fingerprint density at radius 1 is 0.690 bits per heavy atom. The van der Waals surface area contributed by atoms with Crippen molar-refractivity contribution in [1.82, 2.24) is 0 Å². The van der Waals surface area contributed by atoms with Crippen molar-refractivity contribution >= 4 is 32.9 Å². The lowest BCUT2D eigenvalue weighted by atomic mass is 10.0. The number of fused-ring (bicyclic) bond motifs is 4. The fourth-order valence-corrected chi connectivity index (χ4v) is 4.36. The van der Waals surface area contributed by atoms with E-state index < -0.39 is 0 Å². The summed E-state index contributed by atoms with van der Waals surface area (Å²) >= 11 is 0. The van der Waals surface area contributed by atoms with Crippen molar-refractivity contribution < 1.29 is 4.74 Å². The summed E-state index contributed by atoms with van der Waals surface area (Å²) in [5, 5.41) is 4.98. The number of hydrogen-bond acceptors (Lipinski definition) is 2. The van der Waals surface area contributed by atoms with Crippen molar-refractivity contribution in [3.63, 3.8) is 0 Å². The van der Waals surface area contributed by atoms with Crippen LogP contribution in [-0.4, -0.2) is 6.54 Å². The first-order valence-electron chi connectivity index (χ1n) is 10.8. The van der Waals surface area contributed by atoms with Crippen LogP contribution in [0.4, 0.5) is 11.4 Å². The molecule has 0 saturated carbocycles. The molecule has 0 unspecified atom stereocenters. The summed E-state index contributed by atoms with van der Waals surface area (Å²) in [4.78, 5) is 2.47. The van der Waals surface area contributed by atoms with Crippen LogP contribution in [0.1, 0.15) is 38.2 Å². The minimum atomic E-state index is 0.957. The molecular weight excluding hydrogens is 354 g/mol. The van der Waals surface area contributed by atoms with Crippen molar-refractivity contribution in [2.45, 2.75) is 39.5 Å². The molecule has 1 heterocycles. The van der Waals surface area contributed by atoms with Gasteiger partial charge in [0.1, 0.15) is 0 Å². The fraction of sp³-hybridized carbons (Fsp3) is 0.259. The van der Waals surface area contributed by atoms with Gasteiger partial charge < -0.3 is 9.64 Å². The second-order valence-electron chi connectivity index (χ2n) is 8.15. The number of rotatable bonds is 5. The highest BCUT2D eigenvalue weighted by Crippen LogP contribution is 2.49. The summed E-state index contributed by atoms with van der Waals surface area (Å²) in [5.41, 5.74) is 3.65. The number of hydrogen-bond donors (Lipinski definition) is 0. The number of anilines is 2. The zero-order valence-corrected chi connectivity index (χ0v) is 17.2. The zero-order chi connectivity index (χ0) is 19.8. The van der Waals surface area contributed by atoms with E-state index in [0.29, 0.717) is 0 Å². The molecule has 29 heavy (non-hydrogen) atoms. The normalized spacial score (nSPS) is 12.7. The molecule has 0 N–H and O–H groups in total. The van der Waals surface area contributed by atoms with Crippen LogP contribution in [0.3, 0.4) is 0 Å². The molecule has 0 aromatic heterocycles. The van der Waals surface area contributed by atoms with Crippen LogP contribution in [0, 0.1) is 6.92 Å². The predicted octanol–water partition coefficient (Wildman–Crippen LogP) is 8.13. The quantitative estimate of drug-likeness (QED) is 0.324. The molecule has 4 aromatic carbocycles. The molecule has 0 atom stereocenters. The summed E-state index contributed by atoms with van der Waals surface area (Å²) in [7, 11) is 0. The Kier molecular flexibility index (Phi) is 4.63. The third-order valence-corrected chi connectivity index (χ3v) is 5.94. The molecule has 4 aromatic rings. The molecule has 0 fully saturated rings. The summed E-state index contributed by atoms with van der Waals surface area (Å²) in [5.74, 6) is 1.91. The Labute approximate surface area is 172 Å². The van der Waals surface area contributed by atoms with Crippen LogP contribution in [0.15, 0.2) is 66.7 Å². The fourth-order valence-electron chi connectivity index (χ4n) is 4.36. The largest absolute Gasteiger partial charge is 0.453 e. The molecule has 0 aliphatic carbocycles. The van der Waals surface area contributed by atoms with E-state index in [1.54, 1.807) is 0 Å². The van der Waals surface area contributed by atoms with Gasteiger partial charge in [-0.05, 0) is 59.2 Å². The second kappa shape index (κ2) is 7.44. The average molecular weight is 382 g/mol. The third-order valence-electron chi connectivity index (χ3n) is 5.94. The molecule has 146 valence electrons. The number of nitrogens with zero attached hydrogens (tertiary/aromatic N) is 1. The molecule has 0 radical (unpaired) electrons. The Morgan fingerprint density at radius 3 is 2.07 bits per heavy atom. The lowest BCUT2D eigenvalue weighted by molar-refractivity contribution is 0.473. The Bertz CT molecular complexity index is 1190. The van der Waals surface area contributed by atoms with E-state index in [4.69, 9.17) is 4.74 Å². The first-order valence-corrected chi connectivity index (χ1v) is 10.8. The van der Waals surface area contributed by atoms with Gasteiger partial charge in [0.25, 0.3) is 0 Å². The van der Waals surface area contributed by atoms with Crippen molar-refractivity contribution in [3.8, 4) is 11.5 Å². The summed E-state index contributed by atoms with van der Waals surface area (Å²) in [6.45, 7) is 5.43. The number of ether oxygens (including phenoxy) is 1. The van der Waals surface area contributed by atoms with E-state index in [2.05, 4.69) is 85.5 Å². The highest BCUT2D eigenvalue weighted by atomic mass is 16.5. The first-order chi connectivity index (χ1) is 14.2. The van der Waals surface area contributed by atoms with Gasteiger partial charge in [-0.25, -0.2) is 0 Å². The highest BCUT2D eigenvalue weighted by Gasteiger charge is 2.25. The van der Waals surface area contributed by atoms with Gasteiger partial charge in [-0.1, -0.05) is 74.2 Å². The molecule has 2 nitrogen and oxygen atoms in total. The Balaban J connectivity index is 1.64. The second-order valence-corrected chi connectivity index (χ2v) is 8.15. The first kappa shape index (κ1) is 18.1. The molecule has 1 aliphatic rings. The maximum atomic E-state index is 6.44. The van der Waals surface area contributed by atoms with E-state index in [-0.39, 0.29) is 0 Å². The van der Waals surface area contributed by atoms with Crippen LogP contribution >= 0.6 is 0 Å². The van der Waals surface area contributed by atoms with Crippen LogP contribution < -0.4 is 9.64 Å². The highest BCUT2D eigenvalue weighted by molar-refractivity contribution is 5.96. The minimum Gasteiger partial charge on any atom is -0.453 e. The molecule has 2 heteroatoms. The number of aryl methyl sites for hydroxylation is 1.